The highest BCUT2D eigenvalue weighted by Crippen LogP contribution is 2.19. The van der Waals surface area contributed by atoms with Crippen LogP contribution >= 0.6 is 0 Å². The molecular weight excluding hydrogens is 237 g/mol. The molecule has 19 heavy (non-hydrogen) atoms. The molecule has 0 aliphatic carbocycles. The number of benzene rings is 2. The summed E-state index contributed by atoms with van der Waals surface area (Å²) in [6, 6.07) is 15.1. The molecule has 0 saturated carbocycles. The summed E-state index contributed by atoms with van der Waals surface area (Å²) in [5.74, 6) is -0.198. The molecule has 0 amide bonds. The Morgan fingerprint density at radius 1 is 1.05 bits per heavy atom. The molecule has 100 valence electrons. The maximum atomic E-state index is 13.3. The molecular formula is C17H20FN. The van der Waals surface area contributed by atoms with Crippen molar-refractivity contribution in [1.29, 1.82) is 0 Å². The maximum Gasteiger partial charge on any atom is 0.123 e. The minimum atomic E-state index is -0.375. The Balaban J connectivity index is 2.14. The SMILES string of the molecule is Cc1ccc(F)cc1CC(C)(N)Cc1ccccc1. The summed E-state index contributed by atoms with van der Waals surface area (Å²) in [7, 11) is 0. The van der Waals surface area contributed by atoms with Crippen molar-refractivity contribution in [3.8, 4) is 0 Å². The van der Waals surface area contributed by atoms with E-state index in [4.69, 9.17) is 5.73 Å². The number of nitrogens with two attached hydrogens (primary N) is 1. The van der Waals surface area contributed by atoms with Crippen molar-refractivity contribution >= 4 is 0 Å². The minimum absolute atomic E-state index is 0.198. The molecule has 2 aromatic carbocycles. The molecule has 0 radical (unpaired) electrons. The van der Waals surface area contributed by atoms with Gasteiger partial charge in [0, 0.05) is 5.54 Å². The zero-order valence-electron chi connectivity index (χ0n) is 11.5. The van der Waals surface area contributed by atoms with Crippen molar-refractivity contribution in [2.24, 2.45) is 5.73 Å². The largest absolute Gasteiger partial charge is 0.325 e. The van der Waals surface area contributed by atoms with Crippen LogP contribution in [0.25, 0.3) is 0 Å². The van der Waals surface area contributed by atoms with Gasteiger partial charge in [0.15, 0.2) is 0 Å². The molecule has 2 N–H and O–H groups in total. The van der Waals surface area contributed by atoms with E-state index >= 15 is 0 Å². The Morgan fingerprint density at radius 2 is 1.74 bits per heavy atom. The normalized spacial score (nSPS) is 14.1. The molecule has 0 saturated heterocycles. The predicted molar refractivity (Wildman–Crippen MR) is 77.6 cm³/mol. The zero-order chi connectivity index (χ0) is 13.9. The van der Waals surface area contributed by atoms with Gasteiger partial charge in [-0.25, -0.2) is 4.39 Å². The van der Waals surface area contributed by atoms with E-state index in [-0.39, 0.29) is 11.4 Å². The van der Waals surface area contributed by atoms with E-state index < -0.39 is 0 Å². The average Bonchev–Trinajstić information content (AvgIpc) is 2.34. The van der Waals surface area contributed by atoms with E-state index in [1.165, 1.54) is 11.6 Å². The van der Waals surface area contributed by atoms with Crippen molar-refractivity contribution in [2.45, 2.75) is 32.2 Å². The monoisotopic (exact) mass is 257 g/mol. The minimum Gasteiger partial charge on any atom is -0.325 e. The Labute approximate surface area is 114 Å². The van der Waals surface area contributed by atoms with Gasteiger partial charge in [0.05, 0.1) is 0 Å². The summed E-state index contributed by atoms with van der Waals surface area (Å²) in [6.45, 7) is 4.01. The van der Waals surface area contributed by atoms with Gasteiger partial charge in [0.2, 0.25) is 0 Å². The Kier molecular flexibility index (Phi) is 4.01. The van der Waals surface area contributed by atoms with E-state index in [0.29, 0.717) is 6.42 Å². The molecule has 2 aromatic rings. The van der Waals surface area contributed by atoms with Gasteiger partial charge < -0.3 is 5.73 Å². The number of rotatable bonds is 4. The summed E-state index contributed by atoms with van der Waals surface area (Å²) in [4.78, 5) is 0. The third-order valence-corrected chi connectivity index (χ3v) is 3.36. The fourth-order valence-electron chi connectivity index (χ4n) is 2.39. The van der Waals surface area contributed by atoms with Crippen LogP contribution in [0.4, 0.5) is 4.39 Å². The molecule has 0 aliphatic rings. The molecule has 0 aromatic heterocycles. The number of halogens is 1. The third-order valence-electron chi connectivity index (χ3n) is 3.36. The highest BCUT2D eigenvalue weighted by atomic mass is 19.1. The first-order chi connectivity index (χ1) is 8.96. The lowest BCUT2D eigenvalue weighted by Gasteiger charge is -2.26. The maximum absolute atomic E-state index is 13.3. The first-order valence-electron chi connectivity index (χ1n) is 6.54. The second kappa shape index (κ2) is 5.54. The Bertz CT molecular complexity index is 546. The van der Waals surface area contributed by atoms with Crippen molar-refractivity contribution < 1.29 is 4.39 Å². The van der Waals surface area contributed by atoms with Gasteiger partial charge in [0.1, 0.15) is 5.82 Å². The van der Waals surface area contributed by atoms with Gasteiger partial charge in [-0.2, -0.15) is 0 Å². The summed E-state index contributed by atoms with van der Waals surface area (Å²) < 4.78 is 13.3. The van der Waals surface area contributed by atoms with Gasteiger partial charge in [0.25, 0.3) is 0 Å². The third kappa shape index (κ3) is 3.90. The topological polar surface area (TPSA) is 26.0 Å². The summed E-state index contributed by atoms with van der Waals surface area (Å²) in [6.07, 6.45) is 1.45. The number of aryl methyl sites for hydroxylation is 1. The first-order valence-corrected chi connectivity index (χ1v) is 6.54. The highest BCUT2D eigenvalue weighted by molar-refractivity contribution is 5.29. The van der Waals surface area contributed by atoms with Crippen LogP contribution in [0.5, 0.6) is 0 Å². The first kappa shape index (κ1) is 13.8. The Morgan fingerprint density at radius 3 is 2.42 bits per heavy atom. The second-order valence-electron chi connectivity index (χ2n) is 5.56. The number of hydrogen-bond acceptors (Lipinski definition) is 1. The molecule has 2 rings (SSSR count). The summed E-state index contributed by atoms with van der Waals surface area (Å²) in [5.41, 5.74) is 9.29. The van der Waals surface area contributed by atoms with Crippen molar-refractivity contribution in [1.82, 2.24) is 0 Å². The fraction of sp³-hybridized carbons (Fsp3) is 0.294. The zero-order valence-corrected chi connectivity index (χ0v) is 11.5. The van der Waals surface area contributed by atoms with Crippen LogP contribution < -0.4 is 5.73 Å². The van der Waals surface area contributed by atoms with Gasteiger partial charge >= 0.3 is 0 Å². The molecule has 0 heterocycles. The summed E-state index contributed by atoms with van der Waals surface area (Å²) in [5, 5.41) is 0. The van der Waals surface area contributed by atoms with Gasteiger partial charge in [-0.15, -0.1) is 0 Å². The summed E-state index contributed by atoms with van der Waals surface area (Å²) >= 11 is 0. The van der Waals surface area contributed by atoms with Crippen molar-refractivity contribution in [3.63, 3.8) is 0 Å². The van der Waals surface area contributed by atoms with E-state index in [1.807, 2.05) is 38.1 Å². The van der Waals surface area contributed by atoms with Crippen LogP contribution in [0.3, 0.4) is 0 Å². The van der Waals surface area contributed by atoms with E-state index in [0.717, 1.165) is 17.5 Å². The van der Waals surface area contributed by atoms with Crippen LogP contribution in [-0.2, 0) is 12.8 Å². The van der Waals surface area contributed by atoms with Crippen molar-refractivity contribution in [3.05, 3.63) is 71.0 Å². The quantitative estimate of drug-likeness (QED) is 0.889. The molecule has 1 unspecified atom stereocenters. The Hall–Kier alpha value is -1.67. The van der Waals surface area contributed by atoms with E-state index in [1.54, 1.807) is 6.07 Å². The highest BCUT2D eigenvalue weighted by Gasteiger charge is 2.20. The van der Waals surface area contributed by atoms with Crippen LogP contribution in [-0.4, -0.2) is 5.54 Å². The molecule has 1 nitrogen and oxygen atoms in total. The van der Waals surface area contributed by atoms with E-state index in [9.17, 15) is 4.39 Å². The van der Waals surface area contributed by atoms with Crippen LogP contribution in [0, 0.1) is 12.7 Å². The van der Waals surface area contributed by atoms with E-state index in [2.05, 4.69) is 12.1 Å². The van der Waals surface area contributed by atoms with Crippen LogP contribution in [0.1, 0.15) is 23.6 Å². The number of hydrogen-bond donors (Lipinski definition) is 1. The molecule has 0 spiro atoms. The van der Waals surface area contributed by atoms with Crippen molar-refractivity contribution in [2.75, 3.05) is 0 Å². The molecule has 2 heteroatoms. The lowest BCUT2D eigenvalue weighted by atomic mass is 9.86. The fourth-order valence-corrected chi connectivity index (χ4v) is 2.39. The van der Waals surface area contributed by atoms with Crippen LogP contribution in [0.15, 0.2) is 48.5 Å². The van der Waals surface area contributed by atoms with Gasteiger partial charge in [-0.1, -0.05) is 36.4 Å². The second-order valence-corrected chi connectivity index (χ2v) is 5.56. The standard InChI is InChI=1S/C17H20FN/c1-13-8-9-16(18)10-15(13)12-17(2,19)11-14-6-4-3-5-7-14/h3-10H,11-12,19H2,1-2H3. The predicted octanol–water partition coefficient (Wildman–Crippen LogP) is 3.64. The van der Waals surface area contributed by atoms with Gasteiger partial charge in [-0.3, -0.25) is 0 Å². The molecule has 0 bridgehead atoms. The molecule has 0 aliphatic heterocycles. The lowest BCUT2D eigenvalue weighted by molar-refractivity contribution is 0.460. The van der Waals surface area contributed by atoms with Gasteiger partial charge in [-0.05, 0) is 55.5 Å². The lowest BCUT2D eigenvalue weighted by Crippen LogP contribution is -2.41. The van der Waals surface area contributed by atoms with Crippen LogP contribution in [0.2, 0.25) is 0 Å². The smallest absolute Gasteiger partial charge is 0.123 e. The average molecular weight is 257 g/mol. The molecule has 1 atom stereocenters. The molecule has 0 fully saturated rings.